The molecular formula is C28H22Cl2N2O5S. The summed E-state index contributed by atoms with van der Waals surface area (Å²) in [6.45, 7) is 1.83. The highest BCUT2D eigenvalue weighted by Crippen LogP contribution is 2.36. The molecule has 0 radical (unpaired) electrons. The van der Waals surface area contributed by atoms with Crippen LogP contribution in [0.4, 0.5) is 0 Å². The molecule has 194 valence electrons. The van der Waals surface area contributed by atoms with Crippen molar-refractivity contribution in [3.8, 4) is 5.75 Å². The quantitative estimate of drug-likeness (QED) is 0.167. The smallest absolute Gasteiger partial charge is 0.339 e. The summed E-state index contributed by atoms with van der Waals surface area (Å²) in [7, 11) is -4.17. The Morgan fingerprint density at radius 1 is 0.895 bits per heavy atom. The summed E-state index contributed by atoms with van der Waals surface area (Å²) < 4.78 is 30.5. The molecular weight excluding hydrogens is 547 g/mol. The Balaban J connectivity index is 1.54. The highest BCUT2D eigenvalue weighted by atomic mass is 35.5. The van der Waals surface area contributed by atoms with Crippen LogP contribution in [0.3, 0.4) is 0 Å². The van der Waals surface area contributed by atoms with E-state index in [1.54, 1.807) is 72.8 Å². The normalized spacial score (nSPS) is 11.9. The van der Waals surface area contributed by atoms with Crippen LogP contribution >= 0.6 is 23.2 Å². The summed E-state index contributed by atoms with van der Waals surface area (Å²) in [4.78, 5) is 13.1. The number of carbonyl (C=O) groups excluding carboxylic acids is 1. The maximum atomic E-state index is 13.1. The van der Waals surface area contributed by atoms with Crippen LogP contribution in [-0.2, 0) is 20.5 Å². The summed E-state index contributed by atoms with van der Waals surface area (Å²) in [6, 6.07) is 25.8. The first kappa shape index (κ1) is 27.3. The molecule has 4 aromatic carbocycles. The molecule has 4 aromatic rings. The number of hydrogen-bond donors (Lipinski definition) is 2. The summed E-state index contributed by atoms with van der Waals surface area (Å²) >= 11 is 12.5. The predicted octanol–water partition coefficient (Wildman–Crippen LogP) is 5.46. The van der Waals surface area contributed by atoms with Crippen molar-refractivity contribution in [3.05, 3.63) is 129 Å². The number of halogens is 2. The van der Waals surface area contributed by atoms with Gasteiger partial charge in [0.15, 0.2) is 11.4 Å². The van der Waals surface area contributed by atoms with Crippen LogP contribution in [0.15, 0.2) is 107 Å². The van der Waals surface area contributed by atoms with Gasteiger partial charge in [0.05, 0.1) is 16.3 Å². The van der Waals surface area contributed by atoms with Gasteiger partial charge in [0.1, 0.15) is 4.90 Å². The number of benzene rings is 4. The number of rotatable bonds is 8. The van der Waals surface area contributed by atoms with Crippen LogP contribution in [-0.4, -0.2) is 25.6 Å². The van der Waals surface area contributed by atoms with Gasteiger partial charge in [-0.2, -0.15) is 13.5 Å². The maximum Gasteiger partial charge on any atom is 0.339 e. The Morgan fingerprint density at radius 3 is 1.89 bits per heavy atom. The summed E-state index contributed by atoms with van der Waals surface area (Å²) in [6.07, 6.45) is 1.25. The summed E-state index contributed by atoms with van der Waals surface area (Å²) in [5.74, 6) is -1.02. The number of nitrogens with one attached hydrogen (secondary N) is 1. The Kier molecular flexibility index (Phi) is 8.18. The molecule has 0 aromatic heterocycles. The van der Waals surface area contributed by atoms with E-state index in [0.717, 1.165) is 5.56 Å². The third-order valence-electron chi connectivity index (χ3n) is 5.61. The zero-order valence-corrected chi connectivity index (χ0v) is 22.3. The number of aryl methyl sites for hydroxylation is 1. The number of hydrazone groups is 1. The number of nitrogens with zero attached hydrogens (tertiary/aromatic N) is 1. The van der Waals surface area contributed by atoms with E-state index in [9.17, 15) is 18.3 Å². The molecule has 0 fully saturated rings. The van der Waals surface area contributed by atoms with E-state index in [1.165, 1.54) is 30.5 Å². The molecule has 0 aliphatic heterocycles. The Morgan fingerprint density at radius 2 is 1.39 bits per heavy atom. The molecule has 7 nitrogen and oxygen atoms in total. The van der Waals surface area contributed by atoms with Crippen molar-refractivity contribution in [1.29, 1.82) is 0 Å². The number of hydrogen-bond acceptors (Lipinski definition) is 6. The topological polar surface area (TPSA) is 105 Å². The highest BCUT2D eigenvalue weighted by Gasteiger charge is 2.39. The Hall–Kier alpha value is -3.69. The molecule has 0 heterocycles. The maximum absolute atomic E-state index is 13.1. The van der Waals surface area contributed by atoms with Gasteiger partial charge in [-0.3, -0.25) is 4.79 Å². The minimum Gasteiger partial charge on any atom is -0.376 e. The molecule has 4 rings (SSSR count). The van der Waals surface area contributed by atoms with Crippen LogP contribution < -0.4 is 9.61 Å². The SMILES string of the molecule is Cc1ccc(S(=O)(=O)Oc2c(Cl)cc(/C=N\NC(=O)C(O)(c3ccccc3)c3ccccc3)cc2Cl)cc1. The van der Waals surface area contributed by atoms with Crippen molar-refractivity contribution in [2.45, 2.75) is 17.4 Å². The number of amides is 1. The average Bonchev–Trinajstić information content (AvgIpc) is 2.91. The molecule has 0 saturated carbocycles. The Bertz CT molecular complexity index is 1510. The standard InChI is InChI=1S/C28H22Cl2N2O5S/c1-19-12-14-23(15-13-19)38(35,36)37-26-24(29)16-20(17-25(26)30)18-31-32-27(33)28(34,21-8-4-2-5-9-21)22-10-6-3-7-11-22/h2-18,34H,1H3,(H,32,33)/b31-18-. The van der Waals surface area contributed by atoms with Gasteiger partial charge in [0.2, 0.25) is 0 Å². The first-order valence-corrected chi connectivity index (χ1v) is 13.4. The number of carbonyl (C=O) groups is 1. The van der Waals surface area contributed by atoms with Crippen molar-refractivity contribution in [2.75, 3.05) is 0 Å². The van der Waals surface area contributed by atoms with Crippen LogP contribution in [0.25, 0.3) is 0 Å². The monoisotopic (exact) mass is 568 g/mol. The fourth-order valence-corrected chi connectivity index (χ4v) is 5.27. The van der Waals surface area contributed by atoms with Gasteiger partial charge in [-0.05, 0) is 47.9 Å². The fraction of sp³-hybridized carbons (Fsp3) is 0.0714. The van der Waals surface area contributed by atoms with Crippen LogP contribution in [0.2, 0.25) is 10.0 Å². The lowest BCUT2D eigenvalue weighted by Gasteiger charge is -2.27. The van der Waals surface area contributed by atoms with E-state index in [2.05, 4.69) is 10.5 Å². The lowest BCUT2D eigenvalue weighted by atomic mass is 9.85. The van der Waals surface area contributed by atoms with Crippen LogP contribution in [0.1, 0.15) is 22.3 Å². The molecule has 2 N–H and O–H groups in total. The third kappa shape index (κ3) is 5.89. The van der Waals surface area contributed by atoms with Gasteiger partial charge < -0.3 is 9.29 Å². The first-order chi connectivity index (χ1) is 18.1. The largest absolute Gasteiger partial charge is 0.376 e. The predicted molar refractivity (Wildman–Crippen MR) is 147 cm³/mol. The van der Waals surface area contributed by atoms with E-state index < -0.39 is 21.6 Å². The molecule has 0 spiro atoms. The van der Waals surface area contributed by atoms with E-state index in [0.29, 0.717) is 16.7 Å². The van der Waals surface area contributed by atoms with Crippen molar-refractivity contribution < 1.29 is 22.5 Å². The van der Waals surface area contributed by atoms with E-state index in [1.807, 2.05) is 6.92 Å². The fourth-order valence-electron chi connectivity index (χ4n) is 3.63. The van der Waals surface area contributed by atoms with Gasteiger partial charge >= 0.3 is 10.1 Å². The average molecular weight is 569 g/mol. The molecule has 10 heteroatoms. The Labute approximate surface area is 230 Å². The molecule has 0 atom stereocenters. The molecule has 1 amide bonds. The van der Waals surface area contributed by atoms with Gasteiger partial charge in [0.25, 0.3) is 5.91 Å². The highest BCUT2D eigenvalue weighted by molar-refractivity contribution is 7.87. The molecule has 0 unspecified atom stereocenters. The molecule has 0 bridgehead atoms. The van der Waals surface area contributed by atoms with Crippen molar-refractivity contribution >= 4 is 45.4 Å². The van der Waals surface area contributed by atoms with Gasteiger partial charge in [0, 0.05) is 0 Å². The minimum absolute atomic E-state index is 0.0482. The zero-order chi connectivity index (χ0) is 27.3. The van der Waals surface area contributed by atoms with E-state index in [-0.39, 0.29) is 20.7 Å². The molecule has 0 aliphatic rings. The lowest BCUT2D eigenvalue weighted by molar-refractivity contribution is -0.136. The second-order valence-corrected chi connectivity index (χ2v) is 10.7. The van der Waals surface area contributed by atoms with Crippen molar-refractivity contribution in [1.82, 2.24) is 5.43 Å². The number of aliphatic hydroxyl groups is 1. The van der Waals surface area contributed by atoms with Crippen molar-refractivity contribution in [2.24, 2.45) is 5.10 Å². The van der Waals surface area contributed by atoms with Crippen LogP contribution in [0, 0.1) is 6.92 Å². The summed E-state index contributed by atoms with van der Waals surface area (Å²) in [5, 5.41) is 15.2. The molecule has 38 heavy (non-hydrogen) atoms. The lowest BCUT2D eigenvalue weighted by Crippen LogP contribution is -2.43. The first-order valence-electron chi connectivity index (χ1n) is 11.3. The van der Waals surface area contributed by atoms with Crippen LogP contribution in [0.5, 0.6) is 5.75 Å². The summed E-state index contributed by atoms with van der Waals surface area (Å²) in [5.41, 5.74) is 2.32. The second kappa shape index (κ2) is 11.4. The second-order valence-electron chi connectivity index (χ2n) is 8.31. The van der Waals surface area contributed by atoms with E-state index >= 15 is 0 Å². The third-order valence-corrected chi connectivity index (χ3v) is 7.41. The minimum atomic E-state index is -4.17. The van der Waals surface area contributed by atoms with Gasteiger partial charge in [-0.15, -0.1) is 0 Å². The van der Waals surface area contributed by atoms with Gasteiger partial charge in [-0.25, -0.2) is 5.43 Å². The van der Waals surface area contributed by atoms with E-state index in [4.69, 9.17) is 27.4 Å². The molecule has 0 saturated heterocycles. The van der Waals surface area contributed by atoms with Crippen molar-refractivity contribution in [3.63, 3.8) is 0 Å². The molecule has 0 aliphatic carbocycles. The zero-order valence-electron chi connectivity index (χ0n) is 20.0. The van der Waals surface area contributed by atoms with Gasteiger partial charge in [-0.1, -0.05) is 102 Å².